The Labute approximate surface area is 145 Å². The SMILES string of the molecule is Cc1ccc(S(=O)(=O)CCC(=O)NCC(C)(C)N2CCCC2)cc1. The van der Waals surface area contributed by atoms with Crippen molar-refractivity contribution in [2.75, 3.05) is 25.4 Å². The van der Waals surface area contributed by atoms with E-state index in [0.29, 0.717) is 6.54 Å². The molecule has 0 spiro atoms. The number of carbonyl (C=O) groups is 1. The first-order chi connectivity index (χ1) is 11.2. The van der Waals surface area contributed by atoms with Crippen LogP contribution in [-0.4, -0.2) is 50.2 Å². The third-order valence-corrected chi connectivity index (χ3v) is 6.39. The van der Waals surface area contributed by atoms with E-state index in [9.17, 15) is 13.2 Å². The van der Waals surface area contributed by atoms with Crippen molar-refractivity contribution in [3.05, 3.63) is 29.8 Å². The van der Waals surface area contributed by atoms with Gasteiger partial charge in [-0.05, 0) is 58.8 Å². The van der Waals surface area contributed by atoms with E-state index in [0.717, 1.165) is 18.7 Å². The second-order valence-corrected chi connectivity index (χ2v) is 9.27. The molecule has 0 saturated carbocycles. The van der Waals surface area contributed by atoms with E-state index in [1.807, 2.05) is 6.92 Å². The summed E-state index contributed by atoms with van der Waals surface area (Å²) in [6.45, 7) is 8.79. The third-order valence-electron chi connectivity index (χ3n) is 4.66. The first kappa shape index (κ1) is 18.9. The molecule has 0 aromatic heterocycles. The Hall–Kier alpha value is -1.40. The molecule has 1 N–H and O–H groups in total. The summed E-state index contributed by atoms with van der Waals surface area (Å²) in [7, 11) is -3.41. The molecule has 0 atom stereocenters. The van der Waals surface area contributed by atoms with Gasteiger partial charge in [0.1, 0.15) is 0 Å². The fraction of sp³-hybridized carbons (Fsp3) is 0.611. The van der Waals surface area contributed by atoms with Gasteiger partial charge in [0.2, 0.25) is 5.91 Å². The highest BCUT2D eigenvalue weighted by Crippen LogP contribution is 2.20. The molecule has 0 radical (unpaired) electrons. The highest BCUT2D eigenvalue weighted by atomic mass is 32.2. The number of amides is 1. The first-order valence-corrected chi connectivity index (χ1v) is 10.2. The van der Waals surface area contributed by atoms with Crippen molar-refractivity contribution in [2.24, 2.45) is 0 Å². The summed E-state index contributed by atoms with van der Waals surface area (Å²) in [5, 5.41) is 2.89. The maximum absolute atomic E-state index is 12.3. The van der Waals surface area contributed by atoms with E-state index in [-0.39, 0.29) is 28.5 Å². The Morgan fingerprint density at radius 2 is 1.75 bits per heavy atom. The van der Waals surface area contributed by atoms with E-state index >= 15 is 0 Å². The topological polar surface area (TPSA) is 66.5 Å². The van der Waals surface area contributed by atoms with Crippen molar-refractivity contribution in [2.45, 2.75) is 50.5 Å². The minimum atomic E-state index is -3.41. The Balaban J connectivity index is 1.83. The van der Waals surface area contributed by atoms with Gasteiger partial charge in [0, 0.05) is 18.5 Å². The van der Waals surface area contributed by atoms with Crippen molar-refractivity contribution >= 4 is 15.7 Å². The van der Waals surface area contributed by atoms with Crippen molar-refractivity contribution in [3.8, 4) is 0 Å². The van der Waals surface area contributed by atoms with Gasteiger partial charge in [-0.15, -0.1) is 0 Å². The van der Waals surface area contributed by atoms with Crippen LogP contribution >= 0.6 is 0 Å². The van der Waals surface area contributed by atoms with Crippen LogP contribution in [0.5, 0.6) is 0 Å². The van der Waals surface area contributed by atoms with Crippen LogP contribution in [0, 0.1) is 6.92 Å². The van der Waals surface area contributed by atoms with Gasteiger partial charge in [0.05, 0.1) is 10.6 Å². The molecule has 0 aliphatic carbocycles. The van der Waals surface area contributed by atoms with Gasteiger partial charge in [-0.25, -0.2) is 8.42 Å². The van der Waals surface area contributed by atoms with Crippen molar-refractivity contribution in [3.63, 3.8) is 0 Å². The predicted molar refractivity (Wildman–Crippen MR) is 95.7 cm³/mol. The molecule has 2 rings (SSSR count). The zero-order valence-corrected chi connectivity index (χ0v) is 15.7. The van der Waals surface area contributed by atoms with Crippen molar-refractivity contribution in [1.29, 1.82) is 0 Å². The number of hydrogen-bond donors (Lipinski definition) is 1. The van der Waals surface area contributed by atoms with E-state index in [4.69, 9.17) is 0 Å². The third kappa shape index (κ3) is 5.05. The van der Waals surface area contributed by atoms with E-state index in [2.05, 4.69) is 24.1 Å². The lowest BCUT2D eigenvalue weighted by Crippen LogP contribution is -2.50. The number of aryl methyl sites for hydroxylation is 1. The standard InChI is InChI=1S/C18H28N2O3S/c1-15-6-8-16(9-7-15)24(22,23)13-10-17(21)19-14-18(2,3)20-11-4-5-12-20/h6-9H,4-5,10-14H2,1-3H3,(H,19,21). The van der Waals surface area contributed by atoms with Crippen LogP contribution in [0.2, 0.25) is 0 Å². The van der Waals surface area contributed by atoms with Crippen molar-refractivity contribution in [1.82, 2.24) is 10.2 Å². The van der Waals surface area contributed by atoms with Crippen LogP contribution in [0.3, 0.4) is 0 Å². The number of rotatable bonds is 7. The molecule has 1 saturated heterocycles. The number of benzene rings is 1. The average molecular weight is 353 g/mol. The largest absolute Gasteiger partial charge is 0.354 e. The van der Waals surface area contributed by atoms with Gasteiger partial charge in [-0.1, -0.05) is 17.7 Å². The molecule has 5 nitrogen and oxygen atoms in total. The second-order valence-electron chi connectivity index (χ2n) is 7.17. The van der Waals surface area contributed by atoms with Crippen molar-refractivity contribution < 1.29 is 13.2 Å². The molecule has 1 aromatic rings. The number of likely N-dealkylation sites (tertiary alicyclic amines) is 1. The van der Waals surface area contributed by atoms with Crippen LogP contribution in [0.15, 0.2) is 29.2 Å². The van der Waals surface area contributed by atoms with Gasteiger partial charge in [0.25, 0.3) is 0 Å². The summed E-state index contributed by atoms with van der Waals surface area (Å²) < 4.78 is 24.5. The van der Waals surface area contributed by atoms with Gasteiger partial charge in [-0.3, -0.25) is 9.69 Å². The Morgan fingerprint density at radius 3 is 2.33 bits per heavy atom. The molecular formula is C18H28N2O3S. The van der Waals surface area contributed by atoms with Crippen LogP contribution in [0.4, 0.5) is 0 Å². The number of nitrogens with one attached hydrogen (secondary N) is 1. The number of sulfone groups is 1. The molecule has 1 fully saturated rings. The molecule has 24 heavy (non-hydrogen) atoms. The number of hydrogen-bond acceptors (Lipinski definition) is 4. The molecule has 1 amide bonds. The zero-order chi connectivity index (χ0) is 17.8. The minimum Gasteiger partial charge on any atom is -0.354 e. The molecule has 1 aliphatic heterocycles. The Morgan fingerprint density at radius 1 is 1.17 bits per heavy atom. The lowest BCUT2D eigenvalue weighted by Gasteiger charge is -2.35. The lowest BCUT2D eigenvalue weighted by molar-refractivity contribution is -0.121. The van der Waals surface area contributed by atoms with Gasteiger partial charge >= 0.3 is 0 Å². The van der Waals surface area contributed by atoms with E-state index in [1.54, 1.807) is 24.3 Å². The zero-order valence-electron chi connectivity index (χ0n) is 14.8. The molecule has 1 aromatic carbocycles. The average Bonchev–Trinajstić information content (AvgIpc) is 3.07. The fourth-order valence-corrected chi connectivity index (χ4v) is 4.17. The summed E-state index contributed by atoms with van der Waals surface area (Å²) in [5.74, 6) is -0.371. The van der Waals surface area contributed by atoms with Crippen LogP contribution in [0.1, 0.15) is 38.7 Å². The number of carbonyl (C=O) groups excluding carboxylic acids is 1. The minimum absolute atomic E-state index is 0.00765. The Kier molecular flexibility index (Phi) is 6.04. The molecule has 134 valence electrons. The Bertz CT molecular complexity index is 660. The number of nitrogens with zero attached hydrogens (tertiary/aromatic N) is 1. The van der Waals surface area contributed by atoms with Crippen LogP contribution in [-0.2, 0) is 14.6 Å². The molecular weight excluding hydrogens is 324 g/mol. The molecule has 0 unspecified atom stereocenters. The fourth-order valence-electron chi connectivity index (χ4n) is 2.93. The summed E-state index contributed by atoms with van der Waals surface area (Å²) in [5.41, 5.74) is 0.915. The summed E-state index contributed by atoms with van der Waals surface area (Å²) in [6.07, 6.45) is 2.39. The molecule has 6 heteroatoms. The van der Waals surface area contributed by atoms with E-state index in [1.165, 1.54) is 12.8 Å². The highest BCUT2D eigenvalue weighted by molar-refractivity contribution is 7.91. The summed E-state index contributed by atoms with van der Waals surface area (Å²) in [6, 6.07) is 6.73. The predicted octanol–water partition coefficient (Wildman–Crippen LogP) is 2.15. The van der Waals surface area contributed by atoms with Gasteiger partial charge < -0.3 is 5.32 Å². The smallest absolute Gasteiger partial charge is 0.221 e. The maximum atomic E-state index is 12.3. The summed E-state index contributed by atoms with van der Waals surface area (Å²) in [4.78, 5) is 14.7. The molecule has 0 bridgehead atoms. The first-order valence-electron chi connectivity index (χ1n) is 8.52. The van der Waals surface area contributed by atoms with Gasteiger partial charge in [-0.2, -0.15) is 0 Å². The highest BCUT2D eigenvalue weighted by Gasteiger charge is 2.29. The maximum Gasteiger partial charge on any atom is 0.221 e. The normalized spacial score (nSPS) is 16.3. The summed E-state index contributed by atoms with van der Waals surface area (Å²) >= 11 is 0. The molecule has 1 aliphatic rings. The lowest BCUT2D eigenvalue weighted by atomic mass is 10.0. The monoisotopic (exact) mass is 352 g/mol. The van der Waals surface area contributed by atoms with Crippen LogP contribution < -0.4 is 5.32 Å². The van der Waals surface area contributed by atoms with E-state index < -0.39 is 9.84 Å². The second kappa shape index (κ2) is 7.66. The van der Waals surface area contributed by atoms with Gasteiger partial charge in [0.15, 0.2) is 9.84 Å². The quantitative estimate of drug-likeness (QED) is 0.816. The molecule has 1 heterocycles. The van der Waals surface area contributed by atoms with Crippen LogP contribution in [0.25, 0.3) is 0 Å².